The number of carboxylic acid groups (broad SMARTS) is 3. The van der Waals surface area contributed by atoms with E-state index in [4.69, 9.17) is 33.9 Å². The zero-order chi connectivity index (χ0) is 16.0. The second-order valence-electron chi connectivity index (χ2n) is 4.92. The predicted octanol–water partition coefficient (Wildman–Crippen LogP) is -1.94. The SMILES string of the molecule is O=C(O)C1OCC(C2OC3OC(C(=O)O)OC3C2C(=O)O)O1. The van der Waals surface area contributed by atoms with Gasteiger partial charge in [0.05, 0.1) is 6.61 Å². The second-order valence-corrected chi connectivity index (χ2v) is 4.92. The van der Waals surface area contributed by atoms with Gasteiger partial charge >= 0.3 is 17.9 Å². The number of hydrogen-bond acceptors (Lipinski definition) is 8. The topological polar surface area (TPSA) is 158 Å². The van der Waals surface area contributed by atoms with Crippen LogP contribution in [-0.2, 0) is 38.1 Å². The molecular formula is C11H12O11. The maximum atomic E-state index is 11.4. The van der Waals surface area contributed by atoms with E-state index < -0.39 is 61.0 Å². The Morgan fingerprint density at radius 1 is 0.773 bits per heavy atom. The molecule has 3 heterocycles. The molecule has 0 aliphatic carbocycles. The summed E-state index contributed by atoms with van der Waals surface area (Å²) in [5.74, 6) is -5.30. The molecule has 0 aromatic rings. The quantitative estimate of drug-likeness (QED) is 0.529. The van der Waals surface area contributed by atoms with Gasteiger partial charge in [0.15, 0.2) is 6.29 Å². The molecule has 11 heteroatoms. The van der Waals surface area contributed by atoms with Crippen LogP contribution in [0.1, 0.15) is 0 Å². The number of fused-ring (bicyclic) bond motifs is 1. The smallest absolute Gasteiger partial charge is 0.361 e. The van der Waals surface area contributed by atoms with Crippen LogP contribution < -0.4 is 0 Å². The molecule has 3 aliphatic heterocycles. The molecule has 0 bridgehead atoms. The van der Waals surface area contributed by atoms with Crippen molar-refractivity contribution in [3.63, 3.8) is 0 Å². The Morgan fingerprint density at radius 3 is 2.00 bits per heavy atom. The van der Waals surface area contributed by atoms with Gasteiger partial charge in [-0.05, 0) is 0 Å². The van der Waals surface area contributed by atoms with Crippen molar-refractivity contribution in [2.45, 2.75) is 37.2 Å². The van der Waals surface area contributed by atoms with Crippen molar-refractivity contribution in [2.75, 3.05) is 6.61 Å². The van der Waals surface area contributed by atoms with Crippen molar-refractivity contribution in [1.82, 2.24) is 0 Å². The molecule has 0 radical (unpaired) electrons. The van der Waals surface area contributed by atoms with E-state index in [1.807, 2.05) is 0 Å². The lowest BCUT2D eigenvalue weighted by Crippen LogP contribution is -2.42. The Hall–Kier alpha value is -1.79. The Morgan fingerprint density at radius 2 is 1.45 bits per heavy atom. The predicted molar refractivity (Wildman–Crippen MR) is 59.4 cm³/mol. The summed E-state index contributed by atoms with van der Waals surface area (Å²) in [6.45, 7) is -0.173. The van der Waals surface area contributed by atoms with Gasteiger partial charge in [-0.15, -0.1) is 0 Å². The summed E-state index contributed by atoms with van der Waals surface area (Å²) < 4.78 is 25.3. The fourth-order valence-corrected chi connectivity index (χ4v) is 2.67. The molecule has 22 heavy (non-hydrogen) atoms. The summed E-state index contributed by atoms with van der Waals surface area (Å²) in [5.41, 5.74) is 0. The number of carbonyl (C=O) groups is 3. The molecule has 3 fully saturated rings. The highest BCUT2D eigenvalue weighted by atomic mass is 16.8. The third kappa shape index (κ3) is 2.42. The first kappa shape index (κ1) is 15.1. The Bertz CT molecular complexity index is 504. The lowest BCUT2D eigenvalue weighted by atomic mass is 9.95. The Labute approximate surface area is 122 Å². The zero-order valence-electron chi connectivity index (χ0n) is 10.9. The van der Waals surface area contributed by atoms with Crippen LogP contribution >= 0.6 is 0 Å². The standard InChI is InChI=1S/C11H12O11/c12-6(13)3-4(2-1-18-10(19-2)7(14)15)20-9-5(3)21-11(22-9)8(16)17/h2-5,9-11H,1H2,(H,12,13)(H,14,15)(H,16,17). The summed E-state index contributed by atoms with van der Waals surface area (Å²) in [6.07, 6.45) is -7.44. The fourth-order valence-electron chi connectivity index (χ4n) is 2.67. The summed E-state index contributed by atoms with van der Waals surface area (Å²) >= 11 is 0. The van der Waals surface area contributed by atoms with E-state index in [1.165, 1.54) is 0 Å². The van der Waals surface area contributed by atoms with E-state index in [0.717, 1.165) is 0 Å². The van der Waals surface area contributed by atoms with Crippen molar-refractivity contribution in [3.8, 4) is 0 Å². The first-order valence-corrected chi connectivity index (χ1v) is 6.30. The van der Waals surface area contributed by atoms with E-state index in [9.17, 15) is 19.5 Å². The van der Waals surface area contributed by atoms with Crippen molar-refractivity contribution in [1.29, 1.82) is 0 Å². The third-order valence-corrected chi connectivity index (χ3v) is 3.57. The van der Waals surface area contributed by atoms with Gasteiger partial charge < -0.3 is 39.0 Å². The van der Waals surface area contributed by atoms with Gasteiger partial charge in [0.1, 0.15) is 24.2 Å². The fraction of sp³-hybridized carbons (Fsp3) is 0.727. The molecule has 3 rings (SSSR count). The van der Waals surface area contributed by atoms with Crippen LogP contribution in [0.4, 0.5) is 0 Å². The number of aliphatic carboxylic acids is 3. The molecule has 0 aromatic heterocycles. The maximum Gasteiger partial charge on any atom is 0.361 e. The minimum absolute atomic E-state index is 0.173. The van der Waals surface area contributed by atoms with Crippen LogP contribution in [0.5, 0.6) is 0 Å². The van der Waals surface area contributed by atoms with E-state index in [2.05, 4.69) is 0 Å². The molecular weight excluding hydrogens is 308 g/mol. The molecule has 3 aliphatic rings. The minimum Gasteiger partial charge on any atom is -0.481 e. The van der Waals surface area contributed by atoms with Crippen LogP contribution in [0.25, 0.3) is 0 Å². The van der Waals surface area contributed by atoms with Crippen molar-refractivity contribution >= 4 is 17.9 Å². The number of rotatable bonds is 4. The van der Waals surface area contributed by atoms with Gasteiger partial charge in [0.2, 0.25) is 0 Å². The van der Waals surface area contributed by atoms with E-state index in [0.29, 0.717) is 0 Å². The largest absolute Gasteiger partial charge is 0.481 e. The van der Waals surface area contributed by atoms with Crippen molar-refractivity contribution in [3.05, 3.63) is 0 Å². The first-order valence-electron chi connectivity index (χ1n) is 6.30. The average molecular weight is 320 g/mol. The highest BCUT2D eigenvalue weighted by Crippen LogP contribution is 2.40. The molecule has 0 aromatic carbocycles. The molecule has 7 atom stereocenters. The van der Waals surface area contributed by atoms with E-state index in [-0.39, 0.29) is 6.61 Å². The molecule has 0 spiro atoms. The molecule has 0 amide bonds. The Kier molecular flexibility index (Phi) is 3.74. The van der Waals surface area contributed by atoms with E-state index in [1.54, 1.807) is 0 Å². The molecule has 3 N–H and O–H groups in total. The molecule has 7 unspecified atom stereocenters. The van der Waals surface area contributed by atoms with Crippen LogP contribution in [-0.4, -0.2) is 77.0 Å². The lowest BCUT2D eigenvalue weighted by molar-refractivity contribution is -0.204. The number of ether oxygens (including phenoxy) is 5. The minimum atomic E-state index is -1.61. The molecule has 11 nitrogen and oxygen atoms in total. The van der Waals surface area contributed by atoms with Gasteiger partial charge in [-0.25, -0.2) is 9.59 Å². The average Bonchev–Trinajstić information content (AvgIpc) is 3.10. The van der Waals surface area contributed by atoms with Crippen LogP contribution in [0.15, 0.2) is 0 Å². The summed E-state index contributed by atoms with van der Waals surface area (Å²) in [4.78, 5) is 33.0. The second kappa shape index (κ2) is 5.44. The van der Waals surface area contributed by atoms with Gasteiger partial charge in [0.25, 0.3) is 12.6 Å². The molecule has 0 saturated carbocycles. The third-order valence-electron chi connectivity index (χ3n) is 3.57. The number of hydrogen-bond donors (Lipinski definition) is 3. The normalized spacial score (nSPS) is 43.9. The summed E-state index contributed by atoms with van der Waals surface area (Å²) in [5, 5.41) is 26.9. The first-order chi connectivity index (χ1) is 10.4. The van der Waals surface area contributed by atoms with Crippen molar-refractivity contribution < 1.29 is 53.4 Å². The monoisotopic (exact) mass is 320 g/mol. The summed E-state index contributed by atoms with van der Waals surface area (Å²) in [7, 11) is 0. The van der Waals surface area contributed by atoms with Crippen LogP contribution in [0.3, 0.4) is 0 Å². The van der Waals surface area contributed by atoms with Gasteiger partial charge in [-0.2, -0.15) is 0 Å². The van der Waals surface area contributed by atoms with Gasteiger partial charge in [-0.3, -0.25) is 4.79 Å². The highest BCUT2D eigenvalue weighted by molar-refractivity contribution is 5.74. The Balaban J connectivity index is 1.73. The highest BCUT2D eigenvalue weighted by Gasteiger charge is 2.60. The van der Waals surface area contributed by atoms with E-state index >= 15 is 0 Å². The lowest BCUT2D eigenvalue weighted by Gasteiger charge is -2.22. The van der Waals surface area contributed by atoms with Crippen molar-refractivity contribution in [2.24, 2.45) is 5.92 Å². The maximum absolute atomic E-state index is 11.4. The number of carboxylic acids is 3. The van der Waals surface area contributed by atoms with Crippen LogP contribution in [0, 0.1) is 5.92 Å². The zero-order valence-corrected chi connectivity index (χ0v) is 10.9. The van der Waals surface area contributed by atoms with Crippen LogP contribution in [0.2, 0.25) is 0 Å². The molecule has 122 valence electrons. The molecule has 3 saturated heterocycles. The van der Waals surface area contributed by atoms with Gasteiger partial charge in [0, 0.05) is 0 Å². The van der Waals surface area contributed by atoms with Gasteiger partial charge in [-0.1, -0.05) is 0 Å². The summed E-state index contributed by atoms with van der Waals surface area (Å²) in [6, 6.07) is 0.